The molecule has 1 N–H and O–H groups in total. The van der Waals surface area contributed by atoms with Crippen molar-refractivity contribution in [3.63, 3.8) is 0 Å². The largest absolute Gasteiger partial charge is 0.493 e. The summed E-state index contributed by atoms with van der Waals surface area (Å²) >= 11 is 0. The number of aromatic amines is 1. The first kappa shape index (κ1) is 21.2. The highest BCUT2D eigenvalue weighted by Crippen LogP contribution is 2.35. The molecule has 0 atom stereocenters. The van der Waals surface area contributed by atoms with Crippen LogP contribution in [0.5, 0.6) is 11.5 Å². The molecule has 1 aliphatic carbocycles. The second kappa shape index (κ2) is 8.73. The van der Waals surface area contributed by atoms with Crippen molar-refractivity contribution in [3.05, 3.63) is 70.2 Å². The molecule has 0 bridgehead atoms. The van der Waals surface area contributed by atoms with Gasteiger partial charge in [-0.2, -0.15) is 0 Å². The maximum Gasteiger partial charge on any atom is 0.347 e. The maximum atomic E-state index is 12.5. The Balaban J connectivity index is 1.45. The molecular formula is C26H28N4O3. The molecule has 0 amide bonds. The third-order valence-corrected chi connectivity index (χ3v) is 6.41. The van der Waals surface area contributed by atoms with Crippen LogP contribution < -0.4 is 15.2 Å². The van der Waals surface area contributed by atoms with Gasteiger partial charge in [-0.15, -0.1) is 0 Å². The Kier molecular flexibility index (Phi) is 5.62. The first-order chi connectivity index (χ1) is 16.0. The van der Waals surface area contributed by atoms with Gasteiger partial charge in [0.15, 0.2) is 11.5 Å². The van der Waals surface area contributed by atoms with Gasteiger partial charge < -0.3 is 14.5 Å². The van der Waals surface area contributed by atoms with Crippen molar-refractivity contribution in [2.45, 2.75) is 52.2 Å². The molecule has 0 radical (unpaired) electrons. The molecule has 0 spiro atoms. The van der Waals surface area contributed by atoms with Crippen molar-refractivity contribution in [3.8, 4) is 22.6 Å². The van der Waals surface area contributed by atoms with Crippen LogP contribution in [-0.2, 0) is 6.54 Å². The van der Waals surface area contributed by atoms with Gasteiger partial charge in [-0.25, -0.2) is 14.8 Å². The van der Waals surface area contributed by atoms with E-state index in [1.807, 2.05) is 24.4 Å². The smallest absolute Gasteiger partial charge is 0.347 e. The molecule has 2 heterocycles. The topological polar surface area (TPSA) is 82.0 Å². The number of hydrogen-bond donors (Lipinski definition) is 1. The molecule has 170 valence electrons. The van der Waals surface area contributed by atoms with E-state index in [0.717, 1.165) is 46.6 Å². The minimum atomic E-state index is -0.317. The SMILES string of the molecule is COc1ccc(-c2cnc(=O)n(Cc3nc4cc(C)c(C)cc4[nH]3)c2)cc1OC1CCCC1. The van der Waals surface area contributed by atoms with Crippen molar-refractivity contribution >= 4 is 11.0 Å². The molecule has 0 aliphatic heterocycles. The third kappa shape index (κ3) is 4.35. The van der Waals surface area contributed by atoms with Gasteiger partial charge in [-0.3, -0.25) is 4.57 Å². The Morgan fingerprint density at radius 1 is 1.06 bits per heavy atom. The van der Waals surface area contributed by atoms with Crippen LogP contribution >= 0.6 is 0 Å². The molecule has 7 heteroatoms. The number of ether oxygens (including phenoxy) is 2. The van der Waals surface area contributed by atoms with Crippen LogP contribution in [0.1, 0.15) is 42.6 Å². The number of nitrogens with one attached hydrogen (secondary N) is 1. The average Bonchev–Trinajstić information content (AvgIpc) is 3.45. The standard InChI is InChI=1S/C26H28N4O3/c1-16-10-21-22(11-17(16)2)29-25(28-21)15-30-14-19(13-27-26(30)31)18-8-9-23(32-3)24(12-18)33-20-6-4-5-7-20/h8-14,20H,4-7,15H2,1-3H3,(H,28,29). The summed E-state index contributed by atoms with van der Waals surface area (Å²) in [6, 6.07) is 9.97. The Morgan fingerprint density at radius 2 is 1.85 bits per heavy atom. The average molecular weight is 445 g/mol. The predicted octanol–water partition coefficient (Wildman–Crippen LogP) is 4.78. The van der Waals surface area contributed by atoms with Gasteiger partial charge in [0.05, 0.1) is 30.8 Å². The summed E-state index contributed by atoms with van der Waals surface area (Å²) in [6.45, 7) is 4.46. The second-order valence-electron chi connectivity index (χ2n) is 8.78. The molecule has 0 unspecified atom stereocenters. The molecule has 1 aliphatic rings. The van der Waals surface area contributed by atoms with Gasteiger partial charge in [0.1, 0.15) is 5.82 Å². The van der Waals surface area contributed by atoms with E-state index < -0.39 is 0 Å². The van der Waals surface area contributed by atoms with E-state index in [1.165, 1.54) is 24.0 Å². The number of nitrogens with zero attached hydrogens (tertiary/aromatic N) is 3. The summed E-state index contributed by atoms with van der Waals surface area (Å²) in [5.41, 5.74) is 5.69. The molecule has 0 saturated heterocycles. The second-order valence-corrected chi connectivity index (χ2v) is 8.78. The van der Waals surface area contributed by atoms with E-state index in [9.17, 15) is 4.79 Å². The number of H-pyrrole nitrogens is 1. The highest BCUT2D eigenvalue weighted by atomic mass is 16.5. The van der Waals surface area contributed by atoms with E-state index in [1.54, 1.807) is 17.9 Å². The zero-order chi connectivity index (χ0) is 22.9. The molecule has 1 fully saturated rings. The van der Waals surface area contributed by atoms with E-state index in [0.29, 0.717) is 12.3 Å². The van der Waals surface area contributed by atoms with Gasteiger partial charge in [0.2, 0.25) is 0 Å². The number of rotatable bonds is 6. The number of methoxy groups -OCH3 is 1. The maximum absolute atomic E-state index is 12.5. The predicted molar refractivity (Wildman–Crippen MR) is 128 cm³/mol. The number of imidazole rings is 1. The number of aromatic nitrogens is 4. The number of aryl methyl sites for hydroxylation is 2. The summed E-state index contributed by atoms with van der Waals surface area (Å²) in [5.74, 6) is 2.15. The highest BCUT2D eigenvalue weighted by Gasteiger charge is 2.19. The van der Waals surface area contributed by atoms with Crippen LogP contribution in [0, 0.1) is 13.8 Å². The summed E-state index contributed by atoms with van der Waals surface area (Å²) in [7, 11) is 1.65. The first-order valence-corrected chi connectivity index (χ1v) is 11.4. The lowest BCUT2D eigenvalue weighted by Gasteiger charge is -2.17. The van der Waals surface area contributed by atoms with Crippen molar-refractivity contribution in [2.75, 3.05) is 7.11 Å². The zero-order valence-electron chi connectivity index (χ0n) is 19.2. The minimum absolute atomic E-state index is 0.224. The number of benzene rings is 2. The summed E-state index contributed by atoms with van der Waals surface area (Å²) in [5, 5.41) is 0. The fourth-order valence-electron chi connectivity index (χ4n) is 4.41. The van der Waals surface area contributed by atoms with Crippen molar-refractivity contribution in [1.29, 1.82) is 0 Å². The normalized spacial score (nSPS) is 14.2. The third-order valence-electron chi connectivity index (χ3n) is 6.41. The Morgan fingerprint density at radius 3 is 2.64 bits per heavy atom. The quantitative estimate of drug-likeness (QED) is 0.463. The van der Waals surface area contributed by atoms with Gasteiger partial charge in [0.25, 0.3) is 0 Å². The van der Waals surface area contributed by atoms with E-state index in [2.05, 4.69) is 40.9 Å². The minimum Gasteiger partial charge on any atom is -0.493 e. The molecule has 5 rings (SSSR count). The lowest BCUT2D eigenvalue weighted by molar-refractivity contribution is 0.201. The van der Waals surface area contributed by atoms with E-state index in [4.69, 9.17) is 9.47 Å². The van der Waals surface area contributed by atoms with Crippen LogP contribution in [0.15, 0.2) is 47.5 Å². The van der Waals surface area contributed by atoms with Crippen molar-refractivity contribution in [1.82, 2.24) is 19.5 Å². The van der Waals surface area contributed by atoms with Crippen LogP contribution in [0.3, 0.4) is 0 Å². The van der Waals surface area contributed by atoms with Crippen molar-refractivity contribution < 1.29 is 9.47 Å². The van der Waals surface area contributed by atoms with Gasteiger partial charge in [0, 0.05) is 18.0 Å². The molecule has 2 aromatic carbocycles. The summed E-state index contributed by atoms with van der Waals surface area (Å²) in [4.78, 5) is 24.6. The number of fused-ring (bicyclic) bond motifs is 1. The molecular weight excluding hydrogens is 416 g/mol. The van der Waals surface area contributed by atoms with Gasteiger partial charge in [-0.1, -0.05) is 6.07 Å². The zero-order valence-corrected chi connectivity index (χ0v) is 19.2. The Bertz CT molecular complexity index is 1330. The van der Waals surface area contributed by atoms with Crippen LogP contribution in [0.2, 0.25) is 0 Å². The van der Waals surface area contributed by atoms with Gasteiger partial charge >= 0.3 is 5.69 Å². The van der Waals surface area contributed by atoms with Crippen LogP contribution in [0.4, 0.5) is 0 Å². The fourth-order valence-corrected chi connectivity index (χ4v) is 4.41. The Hall–Kier alpha value is -3.61. The first-order valence-electron chi connectivity index (χ1n) is 11.4. The fraction of sp³-hybridized carbons (Fsp3) is 0.346. The molecule has 4 aromatic rings. The summed E-state index contributed by atoms with van der Waals surface area (Å²) < 4.78 is 13.3. The molecule has 2 aromatic heterocycles. The van der Waals surface area contributed by atoms with Crippen LogP contribution in [0.25, 0.3) is 22.2 Å². The number of hydrogen-bond acceptors (Lipinski definition) is 5. The van der Waals surface area contributed by atoms with Gasteiger partial charge in [-0.05, 0) is 80.5 Å². The van der Waals surface area contributed by atoms with Crippen LogP contribution in [-0.4, -0.2) is 32.7 Å². The Labute approximate surface area is 192 Å². The summed E-state index contributed by atoms with van der Waals surface area (Å²) in [6.07, 6.45) is 8.17. The monoisotopic (exact) mass is 444 g/mol. The highest BCUT2D eigenvalue weighted by molar-refractivity contribution is 5.77. The molecule has 7 nitrogen and oxygen atoms in total. The lowest BCUT2D eigenvalue weighted by Crippen LogP contribution is -2.23. The van der Waals surface area contributed by atoms with Crippen molar-refractivity contribution in [2.24, 2.45) is 0 Å². The molecule has 1 saturated carbocycles. The lowest BCUT2D eigenvalue weighted by atomic mass is 10.1. The molecule has 33 heavy (non-hydrogen) atoms. The van der Waals surface area contributed by atoms with E-state index in [-0.39, 0.29) is 11.8 Å². The van der Waals surface area contributed by atoms with E-state index >= 15 is 0 Å².